The van der Waals surface area contributed by atoms with Crippen LogP contribution >= 0.6 is 15.9 Å². The summed E-state index contributed by atoms with van der Waals surface area (Å²) in [5.41, 5.74) is 1.35. The molecule has 0 spiro atoms. The molecule has 0 saturated heterocycles. The Morgan fingerprint density at radius 3 is 2.25 bits per heavy atom. The molecule has 0 radical (unpaired) electrons. The van der Waals surface area contributed by atoms with Gasteiger partial charge >= 0.3 is 0 Å². The lowest BCUT2D eigenvalue weighted by molar-refractivity contribution is 0.217. The smallest absolute Gasteiger partial charge is 0.122 e. The summed E-state index contributed by atoms with van der Waals surface area (Å²) in [6, 6.07) is 16.1. The summed E-state index contributed by atoms with van der Waals surface area (Å²) < 4.78 is 12.3. The Hall–Kier alpha value is -1.48. The SMILES string of the molecule is CCCc1ccc(OCCOc2cccc(Br)c2)cc1. The largest absolute Gasteiger partial charge is 0.490 e. The number of rotatable bonds is 7. The Morgan fingerprint density at radius 2 is 1.60 bits per heavy atom. The van der Waals surface area contributed by atoms with Gasteiger partial charge in [-0.3, -0.25) is 0 Å². The summed E-state index contributed by atoms with van der Waals surface area (Å²) in [5.74, 6) is 1.74. The van der Waals surface area contributed by atoms with Crippen LogP contribution in [0.25, 0.3) is 0 Å². The quantitative estimate of drug-likeness (QED) is 0.673. The van der Waals surface area contributed by atoms with Crippen molar-refractivity contribution in [3.05, 3.63) is 58.6 Å². The number of ether oxygens (including phenoxy) is 2. The van der Waals surface area contributed by atoms with E-state index in [0.717, 1.165) is 22.4 Å². The van der Waals surface area contributed by atoms with Crippen LogP contribution in [0, 0.1) is 0 Å². The minimum atomic E-state index is 0.535. The third-order valence-corrected chi connectivity index (χ3v) is 3.37. The first-order valence-electron chi connectivity index (χ1n) is 6.88. The maximum absolute atomic E-state index is 5.65. The lowest BCUT2D eigenvalue weighted by Gasteiger charge is -2.09. The van der Waals surface area contributed by atoms with E-state index >= 15 is 0 Å². The number of hydrogen-bond acceptors (Lipinski definition) is 2. The first-order chi connectivity index (χ1) is 9.78. The van der Waals surface area contributed by atoms with E-state index in [1.807, 2.05) is 36.4 Å². The molecule has 0 fully saturated rings. The predicted octanol–water partition coefficient (Wildman–Crippen LogP) is 4.86. The second kappa shape index (κ2) is 7.95. The molecule has 0 saturated carbocycles. The molecule has 0 aliphatic rings. The molecule has 20 heavy (non-hydrogen) atoms. The van der Waals surface area contributed by atoms with Gasteiger partial charge in [0.1, 0.15) is 24.7 Å². The van der Waals surface area contributed by atoms with Crippen LogP contribution in [-0.2, 0) is 6.42 Å². The van der Waals surface area contributed by atoms with Gasteiger partial charge in [0.25, 0.3) is 0 Å². The average Bonchev–Trinajstić information content (AvgIpc) is 2.46. The highest BCUT2D eigenvalue weighted by Gasteiger charge is 1.97. The Bertz CT molecular complexity index is 523. The van der Waals surface area contributed by atoms with Crippen LogP contribution in [0.15, 0.2) is 53.0 Å². The summed E-state index contributed by atoms with van der Waals surface area (Å²) >= 11 is 3.42. The molecule has 106 valence electrons. The standard InChI is InChI=1S/C17H19BrO2/c1-2-4-14-7-9-16(10-8-14)19-11-12-20-17-6-3-5-15(18)13-17/h3,5-10,13H,2,4,11-12H2,1H3. The van der Waals surface area contributed by atoms with Gasteiger partial charge in [0.05, 0.1) is 0 Å². The van der Waals surface area contributed by atoms with Crippen molar-refractivity contribution in [1.29, 1.82) is 0 Å². The van der Waals surface area contributed by atoms with Gasteiger partial charge in [0.15, 0.2) is 0 Å². The van der Waals surface area contributed by atoms with Gasteiger partial charge in [-0.1, -0.05) is 47.5 Å². The molecule has 0 bridgehead atoms. The molecular weight excluding hydrogens is 316 g/mol. The van der Waals surface area contributed by atoms with Crippen molar-refractivity contribution >= 4 is 15.9 Å². The van der Waals surface area contributed by atoms with Gasteiger partial charge in [0, 0.05) is 4.47 Å². The summed E-state index contributed by atoms with van der Waals surface area (Å²) in [6.07, 6.45) is 2.28. The molecule has 2 aromatic carbocycles. The highest BCUT2D eigenvalue weighted by Crippen LogP contribution is 2.18. The maximum Gasteiger partial charge on any atom is 0.122 e. The fourth-order valence-electron chi connectivity index (χ4n) is 1.92. The Balaban J connectivity index is 1.73. The first-order valence-corrected chi connectivity index (χ1v) is 7.67. The van der Waals surface area contributed by atoms with E-state index in [1.54, 1.807) is 0 Å². The molecule has 0 aliphatic heterocycles. The van der Waals surface area contributed by atoms with Crippen LogP contribution in [0.5, 0.6) is 11.5 Å². The van der Waals surface area contributed by atoms with Crippen molar-refractivity contribution in [2.24, 2.45) is 0 Å². The third-order valence-electron chi connectivity index (χ3n) is 2.88. The zero-order valence-electron chi connectivity index (χ0n) is 11.6. The zero-order chi connectivity index (χ0) is 14.2. The van der Waals surface area contributed by atoms with E-state index in [4.69, 9.17) is 9.47 Å². The van der Waals surface area contributed by atoms with Crippen LogP contribution < -0.4 is 9.47 Å². The molecule has 2 nitrogen and oxygen atoms in total. The maximum atomic E-state index is 5.65. The van der Waals surface area contributed by atoms with E-state index in [9.17, 15) is 0 Å². The van der Waals surface area contributed by atoms with Crippen molar-refractivity contribution < 1.29 is 9.47 Å². The molecular formula is C17H19BrO2. The van der Waals surface area contributed by atoms with Crippen LogP contribution in [0.4, 0.5) is 0 Å². The summed E-state index contributed by atoms with van der Waals surface area (Å²) in [4.78, 5) is 0. The Morgan fingerprint density at radius 1 is 0.900 bits per heavy atom. The predicted molar refractivity (Wildman–Crippen MR) is 85.6 cm³/mol. The normalized spacial score (nSPS) is 10.3. The van der Waals surface area contributed by atoms with Crippen molar-refractivity contribution in [1.82, 2.24) is 0 Å². The zero-order valence-corrected chi connectivity index (χ0v) is 13.2. The number of aryl methyl sites for hydroxylation is 1. The first kappa shape index (κ1) is 14.9. The molecule has 0 aromatic heterocycles. The lowest BCUT2D eigenvalue weighted by atomic mass is 10.1. The lowest BCUT2D eigenvalue weighted by Crippen LogP contribution is -2.08. The summed E-state index contributed by atoms with van der Waals surface area (Å²) in [5, 5.41) is 0. The molecule has 2 aromatic rings. The highest BCUT2D eigenvalue weighted by atomic mass is 79.9. The van der Waals surface area contributed by atoms with Gasteiger partial charge < -0.3 is 9.47 Å². The molecule has 0 unspecified atom stereocenters. The molecule has 0 heterocycles. The molecule has 0 aliphatic carbocycles. The second-order valence-corrected chi connectivity index (χ2v) is 5.46. The van der Waals surface area contributed by atoms with Gasteiger partial charge in [-0.05, 0) is 42.3 Å². The van der Waals surface area contributed by atoms with Crippen LogP contribution in [0.2, 0.25) is 0 Å². The van der Waals surface area contributed by atoms with Crippen molar-refractivity contribution in [2.75, 3.05) is 13.2 Å². The third kappa shape index (κ3) is 4.89. The van der Waals surface area contributed by atoms with E-state index in [2.05, 4.69) is 35.0 Å². The van der Waals surface area contributed by atoms with E-state index in [-0.39, 0.29) is 0 Å². The monoisotopic (exact) mass is 334 g/mol. The average molecular weight is 335 g/mol. The van der Waals surface area contributed by atoms with Gasteiger partial charge in [-0.15, -0.1) is 0 Å². The molecule has 0 atom stereocenters. The molecule has 0 N–H and O–H groups in total. The van der Waals surface area contributed by atoms with Crippen molar-refractivity contribution in [3.8, 4) is 11.5 Å². The summed E-state index contributed by atoms with van der Waals surface area (Å²) in [7, 11) is 0. The van der Waals surface area contributed by atoms with E-state index in [1.165, 1.54) is 12.0 Å². The molecule has 0 amide bonds. The minimum Gasteiger partial charge on any atom is -0.490 e. The number of halogens is 1. The van der Waals surface area contributed by atoms with Crippen LogP contribution in [0.3, 0.4) is 0 Å². The topological polar surface area (TPSA) is 18.5 Å². The van der Waals surface area contributed by atoms with Gasteiger partial charge in [0.2, 0.25) is 0 Å². The minimum absolute atomic E-state index is 0.535. The van der Waals surface area contributed by atoms with Crippen molar-refractivity contribution in [3.63, 3.8) is 0 Å². The number of hydrogen-bond donors (Lipinski definition) is 0. The van der Waals surface area contributed by atoms with E-state index in [0.29, 0.717) is 13.2 Å². The molecule has 2 rings (SSSR count). The fraction of sp³-hybridized carbons (Fsp3) is 0.294. The second-order valence-electron chi connectivity index (χ2n) is 4.55. The number of benzene rings is 2. The van der Waals surface area contributed by atoms with Crippen LogP contribution in [0.1, 0.15) is 18.9 Å². The summed E-state index contributed by atoms with van der Waals surface area (Å²) in [6.45, 7) is 3.26. The highest BCUT2D eigenvalue weighted by molar-refractivity contribution is 9.10. The van der Waals surface area contributed by atoms with E-state index < -0.39 is 0 Å². The van der Waals surface area contributed by atoms with Crippen LogP contribution in [-0.4, -0.2) is 13.2 Å². The molecule has 3 heteroatoms. The fourth-order valence-corrected chi connectivity index (χ4v) is 2.30. The van der Waals surface area contributed by atoms with Crippen molar-refractivity contribution in [2.45, 2.75) is 19.8 Å². The van der Waals surface area contributed by atoms with Gasteiger partial charge in [-0.25, -0.2) is 0 Å². The Labute approximate surface area is 128 Å². The Kier molecular flexibility index (Phi) is 5.93. The van der Waals surface area contributed by atoms with Gasteiger partial charge in [-0.2, -0.15) is 0 Å².